The highest BCUT2D eigenvalue weighted by atomic mass is 35.5. The Labute approximate surface area is 147 Å². The van der Waals surface area contributed by atoms with Crippen molar-refractivity contribution in [2.24, 2.45) is 0 Å². The first-order chi connectivity index (χ1) is 10.9. The lowest BCUT2D eigenvalue weighted by Crippen LogP contribution is -2.10. The van der Waals surface area contributed by atoms with Gasteiger partial charge in [-0.25, -0.2) is 8.42 Å². The zero-order chi connectivity index (χ0) is 16.4. The van der Waals surface area contributed by atoms with Crippen molar-refractivity contribution in [1.29, 1.82) is 0 Å². The van der Waals surface area contributed by atoms with Gasteiger partial charge in [-0.15, -0.1) is 11.3 Å². The molecule has 3 aromatic rings. The monoisotopic (exact) mass is 387 g/mol. The van der Waals surface area contributed by atoms with Gasteiger partial charge in [0.1, 0.15) is 4.21 Å². The number of rotatable bonds is 5. The van der Waals surface area contributed by atoms with Crippen LogP contribution >= 0.6 is 34.5 Å². The molecule has 0 aliphatic rings. The molecular weight excluding hydrogens is 377 g/mol. The first-order valence-corrected chi connectivity index (χ1v) is 9.53. The Morgan fingerprint density at radius 3 is 2.65 bits per heavy atom. The van der Waals surface area contributed by atoms with Crippen LogP contribution in [0.1, 0.15) is 5.56 Å². The summed E-state index contributed by atoms with van der Waals surface area (Å²) in [4.78, 5) is 0. The van der Waals surface area contributed by atoms with E-state index in [2.05, 4.69) is 9.82 Å². The standard InChI is InChI=1S/C14H11Cl2N3O2S2/c15-12-4-2-1-3-10(12)8-19-9-11(7-17-19)18-23(20,21)14-6-5-13(16)22-14/h1-7,9,18H,8H2. The van der Waals surface area contributed by atoms with Crippen LogP contribution in [-0.4, -0.2) is 18.2 Å². The van der Waals surface area contributed by atoms with E-state index < -0.39 is 10.0 Å². The molecule has 0 aliphatic carbocycles. The Morgan fingerprint density at radius 1 is 1.17 bits per heavy atom. The van der Waals surface area contributed by atoms with E-state index in [0.717, 1.165) is 16.9 Å². The van der Waals surface area contributed by atoms with E-state index in [1.807, 2.05) is 18.2 Å². The molecule has 2 aromatic heterocycles. The highest BCUT2D eigenvalue weighted by Gasteiger charge is 2.17. The number of benzene rings is 1. The molecule has 0 unspecified atom stereocenters. The molecule has 9 heteroatoms. The number of hydrogen-bond donors (Lipinski definition) is 1. The fourth-order valence-electron chi connectivity index (χ4n) is 1.95. The predicted octanol–water partition coefficient (Wildman–Crippen LogP) is 4.10. The average molecular weight is 388 g/mol. The number of sulfonamides is 1. The first-order valence-electron chi connectivity index (χ1n) is 6.48. The van der Waals surface area contributed by atoms with Crippen LogP contribution in [0.2, 0.25) is 9.36 Å². The maximum atomic E-state index is 12.2. The molecule has 0 saturated heterocycles. The molecule has 0 fully saturated rings. The summed E-state index contributed by atoms with van der Waals surface area (Å²) >= 11 is 12.9. The fourth-order valence-corrected chi connectivity index (χ4v) is 4.66. The van der Waals surface area contributed by atoms with Crippen LogP contribution in [0.3, 0.4) is 0 Å². The number of nitrogens with one attached hydrogen (secondary N) is 1. The lowest BCUT2D eigenvalue weighted by atomic mass is 10.2. The average Bonchev–Trinajstić information content (AvgIpc) is 3.11. The van der Waals surface area contributed by atoms with E-state index in [9.17, 15) is 8.42 Å². The van der Waals surface area contributed by atoms with Crippen molar-refractivity contribution in [1.82, 2.24) is 9.78 Å². The summed E-state index contributed by atoms with van der Waals surface area (Å²) in [6.45, 7) is 0.451. The minimum atomic E-state index is -3.66. The molecule has 0 atom stereocenters. The molecule has 0 bridgehead atoms. The van der Waals surface area contributed by atoms with Gasteiger partial charge in [0.25, 0.3) is 10.0 Å². The normalized spacial score (nSPS) is 11.6. The van der Waals surface area contributed by atoms with E-state index in [0.29, 0.717) is 21.6 Å². The highest BCUT2D eigenvalue weighted by molar-refractivity contribution is 7.94. The largest absolute Gasteiger partial charge is 0.276 e. The van der Waals surface area contributed by atoms with Crippen molar-refractivity contribution in [3.05, 3.63) is 63.7 Å². The molecule has 120 valence electrons. The van der Waals surface area contributed by atoms with E-state index in [4.69, 9.17) is 23.2 Å². The maximum Gasteiger partial charge on any atom is 0.271 e. The van der Waals surface area contributed by atoms with E-state index in [1.54, 1.807) is 23.0 Å². The Bertz CT molecular complexity index is 935. The molecule has 0 saturated carbocycles. The Morgan fingerprint density at radius 2 is 1.96 bits per heavy atom. The summed E-state index contributed by atoms with van der Waals surface area (Å²) in [5.74, 6) is 0. The Hall–Kier alpha value is -1.54. The van der Waals surface area contributed by atoms with Gasteiger partial charge in [0.05, 0.1) is 22.8 Å². The van der Waals surface area contributed by atoms with Crippen LogP contribution in [0.25, 0.3) is 0 Å². The van der Waals surface area contributed by atoms with Crippen LogP contribution in [0, 0.1) is 0 Å². The quantitative estimate of drug-likeness (QED) is 0.716. The zero-order valence-corrected chi connectivity index (χ0v) is 14.8. The minimum Gasteiger partial charge on any atom is -0.276 e. The van der Waals surface area contributed by atoms with Crippen molar-refractivity contribution < 1.29 is 8.42 Å². The van der Waals surface area contributed by atoms with Gasteiger partial charge in [-0.1, -0.05) is 41.4 Å². The van der Waals surface area contributed by atoms with Crippen LogP contribution in [0.5, 0.6) is 0 Å². The molecule has 0 radical (unpaired) electrons. The summed E-state index contributed by atoms with van der Waals surface area (Å²) in [7, 11) is -3.66. The van der Waals surface area contributed by atoms with Gasteiger partial charge in [0, 0.05) is 11.2 Å². The molecule has 3 rings (SSSR count). The molecule has 5 nitrogen and oxygen atoms in total. The van der Waals surface area contributed by atoms with Crippen LogP contribution in [0.15, 0.2) is 53.0 Å². The topological polar surface area (TPSA) is 64.0 Å². The number of hydrogen-bond acceptors (Lipinski definition) is 4. The second-order valence-corrected chi connectivity index (χ2v) is 8.71. The minimum absolute atomic E-state index is 0.154. The van der Waals surface area contributed by atoms with Gasteiger partial charge in [-0.3, -0.25) is 9.40 Å². The summed E-state index contributed by atoms with van der Waals surface area (Å²) in [6.07, 6.45) is 3.06. The van der Waals surface area contributed by atoms with Crippen molar-refractivity contribution in [3.63, 3.8) is 0 Å². The third-order valence-electron chi connectivity index (χ3n) is 2.99. The number of aromatic nitrogens is 2. The molecule has 1 aromatic carbocycles. The summed E-state index contributed by atoms with van der Waals surface area (Å²) in [5, 5.41) is 4.78. The molecule has 0 aliphatic heterocycles. The third kappa shape index (κ3) is 3.87. The lowest BCUT2D eigenvalue weighted by Gasteiger charge is -2.04. The number of halogens is 2. The Kier molecular flexibility index (Phi) is 4.63. The van der Waals surface area contributed by atoms with Gasteiger partial charge in [-0.05, 0) is 23.8 Å². The second kappa shape index (κ2) is 6.52. The van der Waals surface area contributed by atoms with E-state index in [-0.39, 0.29) is 4.21 Å². The SMILES string of the molecule is O=S(=O)(Nc1cnn(Cc2ccccc2Cl)c1)c1ccc(Cl)s1. The fraction of sp³-hybridized carbons (Fsp3) is 0.0714. The van der Waals surface area contributed by atoms with Gasteiger partial charge >= 0.3 is 0 Å². The number of anilines is 1. The Balaban J connectivity index is 1.76. The van der Waals surface area contributed by atoms with Crippen molar-refractivity contribution in [2.75, 3.05) is 4.72 Å². The van der Waals surface area contributed by atoms with Gasteiger partial charge in [-0.2, -0.15) is 5.10 Å². The van der Waals surface area contributed by atoms with Crippen LogP contribution in [-0.2, 0) is 16.6 Å². The molecule has 2 heterocycles. The molecule has 23 heavy (non-hydrogen) atoms. The molecular formula is C14H11Cl2N3O2S2. The van der Waals surface area contributed by atoms with Gasteiger partial charge in [0.15, 0.2) is 0 Å². The van der Waals surface area contributed by atoms with Crippen molar-refractivity contribution >= 4 is 50.2 Å². The highest BCUT2D eigenvalue weighted by Crippen LogP contribution is 2.27. The molecule has 1 N–H and O–H groups in total. The van der Waals surface area contributed by atoms with E-state index in [1.165, 1.54) is 12.3 Å². The van der Waals surface area contributed by atoms with Crippen molar-refractivity contribution in [2.45, 2.75) is 10.8 Å². The summed E-state index contributed by atoms with van der Waals surface area (Å²) in [5.41, 5.74) is 1.28. The lowest BCUT2D eigenvalue weighted by molar-refractivity contribution is 0.603. The first kappa shape index (κ1) is 16.3. The zero-order valence-electron chi connectivity index (χ0n) is 11.6. The number of nitrogens with zero attached hydrogens (tertiary/aromatic N) is 2. The summed E-state index contributed by atoms with van der Waals surface area (Å²) in [6, 6.07) is 10.4. The smallest absolute Gasteiger partial charge is 0.271 e. The third-order valence-corrected chi connectivity index (χ3v) is 6.46. The maximum absolute atomic E-state index is 12.2. The van der Waals surface area contributed by atoms with E-state index >= 15 is 0 Å². The van der Waals surface area contributed by atoms with Crippen LogP contribution in [0.4, 0.5) is 5.69 Å². The molecule has 0 amide bonds. The second-order valence-electron chi connectivity index (χ2n) is 4.68. The number of thiophene rings is 1. The van der Waals surface area contributed by atoms with Gasteiger partial charge < -0.3 is 0 Å². The van der Waals surface area contributed by atoms with Crippen LogP contribution < -0.4 is 4.72 Å². The van der Waals surface area contributed by atoms with Gasteiger partial charge in [0.2, 0.25) is 0 Å². The predicted molar refractivity (Wildman–Crippen MR) is 92.9 cm³/mol. The molecule has 0 spiro atoms. The summed E-state index contributed by atoms with van der Waals surface area (Å²) < 4.78 is 29.1. The van der Waals surface area contributed by atoms with Crippen molar-refractivity contribution in [3.8, 4) is 0 Å².